The zero-order chi connectivity index (χ0) is 31.7. The van der Waals surface area contributed by atoms with E-state index < -0.39 is 0 Å². The third-order valence-corrected chi connectivity index (χ3v) is 6.79. The summed E-state index contributed by atoms with van der Waals surface area (Å²) in [5, 5.41) is 11.6. The summed E-state index contributed by atoms with van der Waals surface area (Å²) in [6, 6.07) is 4.96. The van der Waals surface area contributed by atoms with Crippen molar-refractivity contribution in [2.75, 3.05) is 73.6 Å². The number of aryl methyl sites for hydroxylation is 1. The van der Waals surface area contributed by atoms with Crippen molar-refractivity contribution in [3.05, 3.63) is 23.8 Å². The second-order valence-electron chi connectivity index (χ2n) is 12.8. The molecule has 8 amide bonds. The van der Waals surface area contributed by atoms with Crippen molar-refractivity contribution in [2.45, 2.75) is 53.0 Å². The van der Waals surface area contributed by atoms with Gasteiger partial charge in [-0.1, -0.05) is 26.8 Å². The molecule has 2 atom stereocenters. The molecular formula is C29H52N8O4. The monoisotopic (exact) mass is 576 g/mol. The van der Waals surface area contributed by atoms with Gasteiger partial charge in [-0.2, -0.15) is 0 Å². The fourth-order valence-electron chi connectivity index (χ4n) is 4.92. The number of amides is 8. The Morgan fingerprint density at radius 1 is 0.756 bits per heavy atom. The summed E-state index contributed by atoms with van der Waals surface area (Å²) in [4.78, 5) is 52.9. The lowest BCUT2D eigenvalue weighted by atomic mass is 9.62. The van der Waals surface area contributed by atoms with Crippen LogP contribution in [0.5, 0.6) is 0 Å². The summed E-state index contributed by atoms with van der Waals surface area (Å²) in [5.74, 6) is 0. The molecule has 1 aromatic rings. The number of anilines is 2. The SMILES string of the molecule is CN(C)C(=O)NCC1(C)CC(NC(=O)N(C)C)CC(C)(C)C1.Cc1ccc(NC(=O)N(C)C)cc1NC(=O)N(C)C. The highest BCUT2D eigenvalue weighted by Gasteiger charge is 2.42. The standard InChI is InChI=1S/C16H32N4O2.C13H20N4O2/c1-15(2)8-12(18-14(22)20(6)7)9-16(3,10-15)11-17-13(21)19(4)5;1-9-6-7-10(14-12(18)16(2)3)8-11(9)15-13(19)17(4)5/h12H,8-11H2,1-7H3,(H,17,21)(H,18,22);6-8H,1-5H3,(H,14,18)(H,15,19). The van der Waals surface area contributed by atoms with Crippen LogP contribution in [0.25, 0.3) is 0 Å². The fraction of sp³-hybridized carbons (Fsp3) is 0.655. The number of carbonyl (C=O) groups excluding carboxylic acids is 4. The number of hydrogen-bond donors (Lipinski definition) is 4. The first-order valence-electron chi connectivity index (χ1n) is 13.8. The maximum Gasteiger partial charge on any atom is 0.321 e. The van der Waals surface area contributed by atoms with Crippen LogP contribution in [-0.2, 0) is 0 Å². The highest BCUT2D eigenvalue weighted by Crippen LogP contribution is 2.45. The maximum atomic E-state index is 11.9. The van der Waals surface area contributed by atoms with E-state index in [-0.39, 0.29) is 41.0 Å². The Kier molecular flexibility index (Phi) is 12.7. The largest absolute Gasteiger partial charge is 0.337 e. The molecule has 0 spiro atoms. The van der Waals surface area contributed by atoms with Crippen molar-refractivity contribution >= 4 is 35.5 Å². The second kappa shape index (κ2) is 14.8. The van der Waals surface area contributed by atoms with Crippen LogP contribution in [0.2, 0.25) is 0 Å². The zero-order valence-corrected chi connectivity index (χ0v) is 27.1. The van der Waals surface area contributed by atoms with E-state index >= 15 is 0 Å². The van der Waals surface area contributed by atoms with Gasteiger partial charge in [0.25, 0.3) is 0 Å². The smallest absolute Gasteiger partial charge is 0.321 e. The Hall–Kier alpha value is -3.70. The number of benzene rings is 1. The molecule has 1 aliphatic carbocycles. The molecule has 232 valence electrons. The third kappa shape index (κ3) is 12.1. The minimum absolute atomic E-state index is 0.0162. The van der Waals surface area contributed by atoms with Crippen LogP contribution in [0.4, 0.5) is 30.6 Å². The predicted octanol–water partition coefficient (Wildman–Crippen LogP) is 4.30. The molecule has 1 fully saturated rings. The Morgan fingerprint density at radius 3 is 1.78 bits per heavy atom. The van der Waals surface area contributed by atoms with Gasteiger partial charge in [-0.05, 0) is 54.7 Å². The van der Waals surface area contributed by atoms with Gasteiger partial charge >= 0.3 is 24.1 Å². The molecule has 41 heavy (non-hydrogen) atoms. The van der Waals surface area contributed by atoms with E-state index in [2.05, 4.69) is 42.0 Å². The minimum atomic E-state index is -0.214. The van der Waals surface area contributed by atoms with Crippen molar-refractivity contribution in [2.24, 2.45) is 10.8 Å². The average Bonchev–Trinajstić information content (AvgIpc) is 2.83. The van der Waals surface area contributed by atoms with Gasteiger partial charge in [-0.25, -0.2) is 19.2 Å². The first-order valence-corrected chi connectivity index (χ1v) is 13.8. The molecule has 4 N–H and O–H groups in total. The zero-order valence-electron chi connectivity index (χ0n) is 27.1. The van der Waals surface area contributed by atoms with Gasteiger partial charge in [0.15, 0.2) is 0 Å². The topological polar surface area (TPSA) is 129 Å². The summed E-state index contributed by atoms with van der Waals surface area (Å²) in [6.07, 6.45) is 2.87. The summed E-state index contributed by atoms with van der Waals surface area (Å²) in [7, 11) is 13.6. The highest BCUT2D eigenvalue weighted by atomic mass is 16.2. The molecule has 2 unspecified atom stereocenters. The third-order valence-electron chi connectivity index (χ3n) is 6.79. The molecule has 12 heteroatoms. The van der Waals surface area contributed by atoms with Crippen LogP contribution < -0.4 is 21.3 Å². The lowest BCUT2D eigenvalue weighted by Gasteiger charge is -2.47. The average molecular weight is 577 g/mol. The van der Waals surface area contributed by atoms with Gasteiger partial charge in [0, 0.05) is 80.3 Å². The summed E-state index contributed by atoms with van der Waals surface area (Å²) in [6.45, 7) is 9.17. The Bertz CT molecular complexity index is 1070. The number of carbonyl (C=O) groups is 4. The van der Waals surface area contributed by atoms with E-state index in [9.17, 15) is 19.2 Å². The molecule has 1 saturated carbocycles. The van der Waals surface area contributed by atoms with Crippen LogP contribution in [0.1, 0.15) is 45.6 Å². The Balaban J connectivity index is 0.000000414. The Labute approximate surface area is 246 Å². The van der Waals surface area contributed by atoms with Crippen LogP contribution in [0, 0.1) is 17.8 Å². The number of rotatable bonds is 5. The van der Waals surface area contributed by atoms with Gasteiger partial charge in [0.1, 0.15) is 0 Å². The lowest BCUT2D eigenvalue weighted by molar-refractivity contribution is 0.0724. The molecule has 0 radical (unpaired) electrons. The van der Waals surface area contributed by atoms with Crippen LogP contribution >= 0.6 is 0 Å². The van der Waals surface area contributed by atoms with E-state index in [4.69, 9.17) is 0 Å². The van der Waals surface area contributed by atoms with Crippen molar-refractivity contribution in [3.63, 3.8) is 0 Å². The van der Waals surface area contributed by atoms with Crippen molar-refractivity contribution < 1.29 is 19.2 Å². The van der Waals surface area contributed by atoms with E-state index in [1.54, 1.807) is 78.3 Å². The normalized spacial score (nSPS) is 19.0. The van der Waals surface area contributed by atoms with Gasteiger partial charge in [-0.3, -0.25) is 0 Å². The molecule has 1 aliphatic rings. The van der Waals surface area contributed by atoms with Gasteiger partial charge < -0.3 is 40.9 Å². The first-order chi connectivity index (χ1) is 18.7. The van der Waals surface area contributed by atoms with Gasteiger partial charge in [0.05, 0.1) is 0 Å². The number of hydrogen-bond acceptors (Lipinski definition) is 4. The number of nitrogens with zero attached hydrogens (tertiary/aromatic N) is 4. The van der Waals surface area contributed by atoms with E-state index in [0.717, 1.165) is 24.8 Å². The Morgan fingerprint density at radius 2 is 1.27 bits per heavy atom. The summed E-state index contributed by atoms with van der Waals surface area (Å²) < 4.78 is 0. The van der Waals surface area contributed by atoms with Crippen LogP contribution in [-0.4, -0.2) is 113 Å². The van der Waals surface area contributed by atoms with Gasteiger partial charge in [-0.15, -0.1) is 0 Å². The van der Waals surface area contributed by atoms with Crippen LogP contribution in [0.3, 0.4) is 0 Å². The number of nitrogens with one attached hydrogen (secondary N) is 4. The molecule has 0 aromatic heterocycles. The number of urea groups is 4. The minimum Gasteiger partial charge on any atom is -0.337 e. The fourth-order valence-corrected chi connectivity index (χ4v) is 4.92. The first kappa shape index (κ1) is 35.3. The van der Waals surface area contributed by atoms with Crippen molar-refractivity contribution in [1.82, 2.24) is 30.2 Å². The molecule has 0 saturated heterocycles. The molecule has 0 aliphatic heterocycles. The summed E-state index contributed by atoms with van der Waals surface area (Å²) >= 11 is 0. The van der Waals surface area contributed by atoms with Crippen LogP contribution in [0.15, 0.2) is 18.2 Å². The summed E-state index contributed by atoms with van der Waals surface area (Å²) in [5.41, 5.74) is 2.37. The van der Waals surface area contributed by atoms with E-state index in [1.165, 1.54) is 9.80 Å². The molecule has 0 bridgehead atoms. The predicted molar refractivity (Wildman–Crippen MR) is 165 cm³/mol. The second-order valence-corrected chi connectivity index (χ2v) is 12.8. The molecule has 12 nitrogen and oxygen atoms in total. The highest BCUT2D eigenvalue weighted by molar-refractivity contribution is 5.93. The quantitative estimate of drug-likeness (QED) is 0.417. The van der Waals surface area contributed by atoms with Crippen molar-refractivity contribution in [3.8, 4) is 0 Å². The molecule has 1 aromatic carbocycles. The van der Waals surface area contributed by atoms with E-state index in [1.807, 2.05) is 13.0 Å². The van der Waals surface area contributed by atoms with Crippen molar-refractivity contribution in [1.29, 1.82) is 0 Å². The lowest BCUT2D eigenvalue weighted by Crippen LogP contribution is -2.52. The van der Waals surface area contributed by atoms with E-state index in [0.29, 0.717) is 17.9 Å². The van der Waals surface area contributed by atoms with Gasteiger partial charge in [0.2, 0.25) is 0 Å². The molecular weight excluding hydrogens is 524 g/mol. The maximum absolute atomic E-state index is 11.9. The molecule has 2 rings (SSSR count). The molecule has 0 heterocycles.